The fourth-order valence-corrected chi connectivity index (χ4v) is 0.773. The van der Waals surface area contributed by atoms with Crippen LogP contribution in [0.4, 0.5) is 0 Å². The quantitative estimate of drug-likeness (QED) is 0.348. The van der Waals surface area contributed by atoms with Crippen molar-refractivity contribution in [2.75, 3.05) is 6.61 Å². The highest BCUT2D eigenvalue weighted by atomic mass is 16.5. The number of terminal acetylenes is 1. The van der Waals surface area contributed by atoms with Gasteiger partial charge in [0.15, 0.2) is 0 Å². The Kier molecular flexibility index (Phi) is 1.74. The number of hydrogen-bond acceptors (Lipinski definition) is 2. The number of ether oxygens (including phenoxy) is 1. The van der Waals surface area contributed by atoms with E-state index in [1.54, 1.807) is 0 Å². The van der Waals surface area contributed by atoms with Crippen LogP contribution in [0.25, 0.3) is 0 Å². The van der Waals surface area contributed by atoms with E-state index in [2.05, 4.69) is 5.92 Å². The van der Waals surface area contributed by atoms with Gasteiger partial charge >= 0.3 is 5.97 Å². The van der Waals surface area contributed by atoms with Crippen LogP contribution in [-0.4, -0.2) is 12.6 Å². The number of carbonyl (C=O) groups is 1. The molecule has 9 heavy (non-hydrogen) atoms. The molecule has 1 rings (SSSR count). The summed E-state index contributed by atoms with van der Waals surface area (Å²) in [6, 6.07) is 0. The van der Waals surface area contributed by atoms with Crippen molar-refractivity contribution in [1.29, 1.82) is 0 Å². The molecule has 0 spiro atoms. The van der Waals surface area contributed by atoms with E-state index in [4.69, 9.17) is 11.2 Å². The van der Waals surface area contributed by atoms with Gasteiger partial charge in [-0.3, -0.25) is 4.79 Å². The maximum Gasteiger partial charge on any atom is 0.305 e. The molecule has 0 N–H and O–H groups in total. The largest absolute Gasteiger partial charge is 0.464 e. The molecule has 1 aliphatic heterocycles. The van der Waals surface area contributed by atoms with Crippen molar-refractivity contribution < 1.29 is 9.53 Å². The predicted octanol–water partition coefficient (Wildman–Crippen LogP) is 0.573. The van der Waals surface area contributed by atoms with Gasteiger partial charge in [-0.2, -0.15) is 0 Å². The first-order valence-electron chi connectivity index (χ1n) is 2.94. The summed E-state index contributed by atoms with van der Waals surface area (Å²) in [5, 5.41) is 0. The van der Waals surface area contributed by atoms with Gasteiger partial charge in [0.25, 0.3) is 0 Å². The van der Waals surface area contributed by atoms with Gasteiger partial charge in [0.1, 0.15) is 6.61 Å². The standard InChI is InChI=1S/C7H8O2/c1-2-6-3-4-7(8)9-5-6/h1,6H,3-5H2. The highest BCUT2D eigenvalue weighted by Gasteiger charge is 2.16. The van der Waals surface area contributed by atoms with E-state index in [1.807, 2.05) is 0 Å². The van der Waals surface area contributed by atoms with E-state index in [1.165, 1.54) is 0 Å². The molecule has 1 atom stereocenters. The minimum atomic E-state index is -0.124. The molecule has 0 aliphatic carbocycles. The van der Waals surface area contributed by atoms with Gasteiger partial charge in [-0.15, -0.1) is 6.42 Å². The molecule has 0 aromatic heterocycles. The van der Waals surface area contributed by atoms with E-state index < -0.39 is 0 Å². The summed E-state index contributed by atoms with van der Waals surface area (Å²) in [5.74, 6) is 2.58. The molecule has 1 heterocycles. The van der Waals surface area contributed by atoms with Crippen LogP contribution < -0.4 is 0 Å². The maximum atomic E-state index is 10.4. The summed E-state index contributed by atoms with van der Waals surface area (Å²) >= 11 is 0. The van der Waals surface area contributed by atoms with Gasteiger partial charge in [0, 0.05) is 6.42 Å². The first kappa shape index (κ1) is 6.15. The van der Waals surface area contributed by atoms with Crippen molar-refractivity contribution in [1.82, 2.24) is 0 Å². The van der Waals surface area contributed by atoms with Crippen molar-refractivity contribution in [2.45, 2.75) is 12.8 Å². The van der Waals surface area contributed by atoms with Gasteiger partial charge in [0.05, 0.1) is 5.92 Å². The second kappa shape index (κ2) is 2.54. The van der Waals surface area contributed by atoms with Crippen molar-refractivity contribution in [3.63, 3.8) is 0 Å². The molecular formula is C7H8O2. The number of rotatable bonds is 0. The van der Waals surface area contributed by atoms with Crippen molar-refractivity contribution in [3.05, 3.63) is 0 Å². The predicted molar refractivity (Wildman–Crippen MR) is 32.5 cm³/mol. The Hall–Kier alpha value is -0.970. The Morgan fingerprint density at radius 2 is 2.56 bits per heavy atom. The van der Waals surface area contributed by atoms with E-state index in [0.29, 0.717) is 13.0 Å². The molecule has 1 aliphatic rings. The molecule has 0 saturated carbocycles. The molecule has 0 aromatic rings. The topological polar surface area (TPSA) is 26.3 Å². The lowest BCUT2D eigenvalue weighted by molar-refractivity contribution is -0.148. The highest BCUT2D eigenvalue weighted by molar-refractivity contribution is 5.70. The van der Waals surface area contributed by atoms with Gasteiger partial charge in [-0.05, 0) is 6.42 Å². The minimum Gasteiger partial charge on any atom is -0.464 e. The van der Waals surface area contributed by atoms with Crippen LogP contribution >= 0.6 is 0 Å². The Balaban J connectivity index is 2.37. The summed E-state index contributed by atoms with van der Waals surface area (Å²) in [7, 11) is 0. The number of hydrogen-bond donors (Lipinski definition) is 0. The van der Waals surface area contributed by atoms with E-state index in [9.17, 15) is 4.79 Å². The second-order valence-corrected chi connectivity index (χ2v) is 2.09. The molecule has 0 radical (unpaired) electrons. The molecule has 1 unspecified atom stereocenters. The zero-order valence-corrected chi connectivity index (χ0v) is 5.09. The maximum absolute atomic E-state index is 10.4. The van der Waals surface area contributed by atoms with Crippen molar-refractivity contribution >= 4 is 5.97 Å². The summed E-state index contributed by atoms with van der Waals surface area (Å²) in [4.78, 5) is 10.4. The van der Waals surface area contributed by atoms with Gasteiger partial charge in [-0.1, -0.05) is 5.92 Å². The lowest BCUT2D eigenvalue weighted by atomic mass is 10.0. The number of carbonyl (C=O) groups excluding carboxylic acids is 1. The first-order chi connectivity index (χ1) is 4.33. The Bertz CT molecular complexity index is 145. The third-order valence-electron chi connectivity index (χ3n) is 1.38. The van der Waals surface area contributed by atoms with Gasteiger partial charge < -0.3 is 4.74 Å². The zero-order chi connectivity index (χ0) is 6.69. The highest BCUT2D eigenvalue weighted by Crippen LogP contribution is 2.12. The van der Waals surface area contributed by atoms with E-state index >= 15 is 0 Å². The summed E-state index contributed by atoms with van der Waals surface area (Å²) in [5.41, 5.74) is 0. The lowest BCUT2D eigenvalue weighted by Crippen LogP contribution is -2.20. The molecule has 2 heteroatoms. The van der Waals surface area contributed by atoms with Gasteiger partial charge in [-0.25, -0.2) is 0 Å². The van der Waals surface area contributed by atoms with Crippen LogP contribution in [0, 0.1) is 18.3 Å². The lowest BCUT2D eigenvalue weighted by Gasteiger charge is -2.15. The van der Waals surface area contributed by atoms with Crippen LogP contribution in [0.1, 0.15) is 12.8 Å². The third kappa shape index (κ3) is 1.46. The number of cyclic esters (lactones) is 1. The molecule has 0 aromatic carbocycles. The monoisotopic (exact) mass is 124 g/mol. The van der Waals surface area contributed by atoms with Crippen LogP contribution in [0.3, 0.4) is 0 Å². The fraction of sp³-hybridized carbons (Fsp3) is 0.571. The third-order valence-corrected chi connectivity index (χ3v) is 1.38. The Morgan fingerprint density at radius 1 is 1.78 bits per heavy atom. The molecule has 2 nitrogen and oxygen atoms in total. The first-order valence-corrected chi connectivity index (χ1v) is 2.94. The smallest absolute Gasteiger partial charge is 0.305 e. The molecule has 0 bridgehead atoms. The molecule has 0 amide bonds. The number of esters is 1. The second-order valence-electron chi connectivity index (χ2n) is 2.09. The van der Waals surface area contributed by atoms with Crippen LogP contribution in [0.15, 0.2) is 0 Å². The van der Waals surface area contributed by atoms with E-state index in [0.717, 1.165) is 6.42 Å². The summed E-state index contributed by atoms with van der Waals surface area (Å²) in [6.45, 7) is 0.412. The molecule has 1 fully saturated rings. The molecule has 1 saturated heterocycles. The van der Waals surface area contributed by atoms with Crippen LogP contribution in [0.5, 0.6) is 0 Å². The summed E-state index contributed by atoms with van der Waals surface area (Å²) in [6.07, 6.45) is 6.38. The SMILES string of the molecule is C#CC1CCC(=O)OC1. The average Bonchev–Trinajstić information content (AvgIpc) is 1.90. The minimum absolute atomic E-state index is 0.124. The normalized spacial score (nSPS) is 26.6. The Labute approximate surface area is 54.2 Å². The fourth-order valence-electron chi connectivity index (χ4n) is 0.773. The van der Waals surface area contributed by atoms with Gasteiger partial charge in [0.2, 0.25) is 0 Å². The summed E-state index contributed by atoms with van der Waals surface area (Å²) < 4.78 is 4.70. The van der Waals surface area contributed by atoms with Crippen LogP contribution in [-0.2, 0) is 9.53 Å². The Morgan fingerprint density at radius 3 is 3.00 bits per heavy atom. The van der Waals surface area contributed by atoms with Crippen LogP contribution in [0.2, 0.25) is 0 Å². The average molecular weight is 124 g/mol. The van der Waals surface area contributed by atoms with Crippen molar-refractivity contribution in [3.8, 4) is 12.3 Å². The molecular weight excluding hydrogens is 116 g/mol. The molecule has 48 valence electrons. The van der Waals surface area contributed by atoms with E-state index in [-0.39, 0.29) is 11.9 Å². The zero-order valence-electron chi connectivity index (χ0n) is 5.09. The van der Waals surface area contributed by atoms with Crippen molar-refractivity contribution in [2.24, 2.45) is 5.92 Å².